The van der Waals surface area contributed by atoms with E-state index in [-0.39, 0.29) is 0 Å². The molecule has 0 saturated heterocycles. The first-order valence-electron chi connectivity index (χ1n) is 4.55. The van der Waals surface area contributed by atoms with Crippen LogP contribution in [0.15, 0.2) is 6.20 Å². The molecule has 0 aromatic carbocycles. The number of nitrogens with zero attached hydrogens (tertiary/aromatic N) is 2. The number of H-pyrrole nitrogens is 1. The molecule has 1 heterocycles. The Morgan fingerprint density at radius 3 is 2.85 bits per heavy atom. The summed E-state index contributed by atoms with van der Waals surface area (Å²) in [6, 6.07) is 2.22. The van der Waals surface area contributed by atoms with E-state index in [9.17, 15) is 0 Å². The topological polar surface area (TPSA) is 52.5 Å². The molecule has 13 heavy (non-hydrogen) atoms. The van der Waals surface area contributed by atoms with Gasteiger partial charge in [-0.15, -0.1) is 0 Å². The molecule has 0 amide bonds. The fourth-order valence-corrected chi connectivity index (χ4v) is 1.13. The third-order valence-electron chi connectivity index (χ3n) is 2.02. The zero-order valence-corrected chi connectivity index (χ0v) is 8.39. The Hall–Kier alpha value is -1.30. The van der Waals surface area contributed by atoms with Gasteiger partial charge in [0.2, 0.25) is 0 Å². The maximum Gasteiger partial charge on any atom is 0.126 e. The molecular formula is C10H15N3. The smallest absolute Gasteiger partial charge is 0.126 e. The minimum Gasteiger partial charge on any atom is -0.345 e. The largest absolute Gasteiger partial charge is 0.345 e. The lowest BCUT2D eigenvalue weighted by Gasteiger charge is -2.10. The van der Waals surface area contributed by atoms with Gasteiger partial charge in [-0.3, -0.25) is 0 Å². The fourth-order valence-electron chi connectivity index (χ4n) is 1.13. The fraction of sp³-hybridized carbons (Fsp3) is 0.600. The molecule has 3 nitrogen and oxygen atoms in total. The Morgan fingerprint density at radius 1 is 1.62 bits per heavy atom. The maximum absolute atomic E-state index is 8.88. The summed E-state index contributed by atoms with van der Waals surface area (Å²) in [5, 5.41) is 8.88. The molecule has 0 unspecified atom stereocenters. The van der Waals surface area contributed by atoms with Crippen molar-refractivity contribution in [3.05, 3.63) is 17.7 Å². The van der Waals surface area contributed by atoms with E-state index >= 15 is 0 Å². The normalized spacial score (nSPS) is 11.2. The molecule has 0 aliphatic carbocycles. The number of imidazole rings is 1. The van der Waals surface area contributed by atoms with Gasteiger partial charge in [0.25, 0.3) is 0 Å². The molecule has 1 N–H and O–H groups in total. The Kier molecular flexibility index (Phi) is 2.72. The van der Waals surface area contributed by atoms with Crippen molar-refractivity contribution in [2.45, 2.75) is 39.0 Å². The Morgan fingerprint density at radius 2 is 2.31 bits per heavy atom. The Labute approximate surface area is 78.8 Å². The first-order valence-corrected chi connectivity index (χ1v) is 4.55. The van der Waals surface area contributed by atoms with Crippen LogP contribution >= 0.6 is 0 Å². The molecule has 0 atom stereocenters. The number of aromatic nitrogens is 2. The monoisotopic (exact) mass is 177 g/mol. The van der Waals surface area contributed by atoms with Crippen LogP contribution in [0.4, 0.5) is 0 Å². The number of hydrogen-bond acceptors (Lipinski definition) is 2. The SMILES string of the molecule is CCCc1cnc(C(C)(C)C#N)[nH]1. The Bertz CT molecular complexity index is 317. The third-order valence-corrected chi connectivity index (χ3v) is 2.02. The Balaban J connectivity index is 2.87. The van der Waals surface area contributed by atoms with Crippen molar-refractivity contribution in [2.75, 3.05) is 0 Å². The molecule has 3 heteroatoms. The molecule has 0 fully saturated rings. The lowest BCUT2D eigenvalue weighted by molar-refractivity contribution is 0.636. The van der Waals surface area contributed by atoms with Crippen molar-refractivity contribution >= 4 is 0 Å². The predicted molar refractivity (Wildman–Crippen MR) is 51.2 cm³/mol. The van der Waals surface area contributed by atoms with Crippen LogP contribution in [-0.2, 0) is 11.8 Å². The highest BCUT2D eigenvalue weighted by Crippen LogP contribution is 2.18. The molecule has 0 spiro atoms. The number of aryl methyl sites for hydroxylation is 1. The van der Waals surface area contributed by atoms with Gasteiger partial charge in [-0.05, 0) is 20.3 Å². The predicted octanol–water partition coefficient (Wildman–Crippen LogP) is 2.16. The highest BCUT2D eigenvalue weighted by Gasteiger charge is 2.22. The van der Waals surface area contributed by atoms with Crippen molar-refractivity contribution in [3.8, 4) is 6.07 Å². The van der Waals surface area contributed by atoms with Gasteiger partial charge in [0.1, 0.15) is 11.2 Å². The van der Waals surface area contributed by atoms with Crippen LogP contribution < -0.4 is 0 Å². The summed E-state index contributed by atoms with van der Waals surface area (Å²) in [5.41, 5.74) is 0.604. The molecule has 70 valence electrons. The number of hydrogen-bond donors (Lipinski definition) is 1. The highest BCUT2D eigenvalue weighted by molar-refractivity contribution is 5.18. The van der Waals surface area contributed by atoms with Gasteiger partial charge in [-0.25, -0.2) is 4.98 Å². The summed E-state index contributed by atoms with van der Waals surface area (Å²) >= 11 is 0. The van der Waals surface area contributed by atoms with Crippen LogP contribution in [0, 0.1) is 11.3 Å². The van der Waals surface area contributed by atoms with Crippen LogP contribution in [0.2, 0.25) is 0 Å². The van der Waals surface area contributed by atoms with Crippen LogP contribution in [0.1, 0.15) is 38.7 Å². The second-order valence-corrected chi connectivity index (χ2v) is 3.74. The summed E-state index contributed by atoms with van der Waals surface area (Å²) < 4.78 is 0. The average Bonchev–Trinajstić information content (AvgIpc) is 2.54. The van der Waals surface area contributed by atoms with Gasteiger partial charge in [0.05, 0.1) is 6.07 Å². The van der Waals surface area contributed by atoms with Crippen molar-refractivity contribution in [1.82, 2.24) is 9.97 Å². The van der Waals surface area contributed by atoms with Crippen molar-refractivity contribution in [3.63, 3.8) is 0 Å². The molecule has 0 aliphatic heterocycles. The minimum absolute atomic E-state index is 0.508. The van der Waals surface area contributed by atoms with Crippen LogP contribution in [-0.4, -0.2) is 9.97 Å². The van der Waals surface area contributed by atoms with E-state index in [4.69, 9.17) is 5.26 Å². The average molecular weight is 177 g/mol. The van der Waals surface area contributed by atoms with E-state index < -0.39 is 5.41 Å². The number of nitriles is 1. The van der Waals surface area contributed by atoms with E-state index in [1.807, 2.05) is 20.0 Å². The summed E-state index contributed by atoms with van der Waals surface area (Å²) in [7, 11) is 0. The first kappa shape index (κ1) is 9.79. The highest BCUT2D eigenvalue weighted by atomic mass is 14.9. The quantitative estimate of drug-likeness (QED) is 0.769. The molecule has 0 bridgehead atoms. The van der Waals surface area contributed by atoms with E-state index in [0.29, 0.717) is 0 Å². The molecular weight excluding hydrogens is 162 g/mol. The first-order chi connectivity index (χ1) is 6.10. The van der Waals surface area contributed by atoms with Gasteiger partial charge in [-0.2, -0.15) is 5.26 Å². The van der Waals surface area contributed by atoms with Crippen LogP contribution in [0.5, 0.6) is 0 Å². The lowest BCUT2D eigenvalue weighted by atomic mass is 9.95. The summed E-state index contributed by atoms with van der Waals surface area (Å²) in [6.45, 7) is 5.85. The molecule has 1 rings (SSSR count). The number of rotatable bonds is 3. The van der Waals surface area contributed by atoms with Gasteiger partial charge in [-0.1, -0.05) is 13.3 Å². The zero-order chi connectivity index (χ0) is 9.90. The number of aromatic amines is 1. The van der Waals surface area contributed by atoms with E-state index in [2.05, 4.69) is 23.0 Å². The van der Waals surface area contributed by atoms with Crippen molar-refractivity contribution in [2.24, 2.45) is 0 Å². The van der Waals surface area contributed by atoms with Gasteiger partial charge in [0, 0.05) is 11.9 Å². The molecule has 1 aromatic rings. The maximum atomic E-state index is 8.88. The standard InChI is InChI=1S/C10H15N3/c1-4-5-8-6-12-9(13-8)10(2,3)7-11/h6H,4-5H2,1-3H3,(H,12,13). The number of nitrogens with one attached hydrogen (secondary N) is 1. The van der Waals surface area contributed by atoms with E-state index in [1.165, 1.54) is 0 Å². The molecule has 0 saturated carbocycles. The summed E-state index contributed by atoms with van der Waals surface area (Å²) in [4.78, 5) is 7.37. The molecule has 0 radical (unpaired) electrons. The van der Waals surface area contributed by atoms with Gasteiger partial charge >= 0.3 is 0 Å². The van der Waals surface area contributed by atoms with Crippen LogP contribution in [0.25, 0.3) is 0 Å². The van der Waals surface area contributed by atoms with E-state index in [1.54, 1.807) is 0 Å². The zero-order valence-electron chi connectivity index (χ0n) is 8.39. The lowest BCUT2D eigenvalue weighted by Crippen LogP contribution is -2.15. The molecule has 1 aromatic heterocycles. The van der Waals surface area contributed by atoms with Crippen molar-refractivity contribution < 1.29 is 0 Å². The van der Waals surface area contributed by atoms with Crippen molar-refractivity contribution in [1.29, 1.82) is 5.26 Å². The van der Waals surface area contributed by atoms with Gasteiger partial charge in [0.15, 0.2) is 0 Å². The van der Waals surface area contributed by atoms with Crippen LogP contribution in [0.3, 0.4) is 0 Å². The minimum atomic E-state index is -0.508. The molecule has 0 aliphatic rings. The van der Waals surface area contributed by atoms with Gasteiger partial charge < -0.3 is 4.98 Å². The summed E-state index contributed by atoms with van der Waals surface area (Å²) in [6.07, 6.45) is 3.90. The third kappa shape index (κ3) is 2.09. The summed E-state index contributed by atoms with van der Waals surface area (Å²) in [5.74, 6) is 0.762. The van der Waals surface area contributed by atoms with E-state index in [0.717, 1.165) is 24.4 Å². The second-order valence-electron chi connectivity index (χ2n) is 3.74. The second kappa shape index (κ2) is 3.61.